The molecule has 2 aliphatic rings. The lowest BCUT2D eigenvalue weighted by molar-refractivity contribution is -0.286. The Morgan fingerprint density at radius 3 is 2.42 bits per heavy atom. The van der Waals surface area contributed by atoms with Gasteiger partial charge in [-0.25, -0.2) is 9.78 Å². The topological polar surface area (TPSA) is 71.9 Å². The molecule has 8 heteroatoms. The highest BCUT2D eigenvalue weighted by Crippen LogP contribution is 2.44. The third-order valence-corrected chi connectivity index (χ3v) is 4.82. The van der Waals surface area contributed by atoms with Crippen LogP contribution in [0.15, 0.2) is 79.2 Å². The van der Waals surface area contributed by atoms with E-state index in [1.165, 1.54) is 18.2 Å². The lowest BCUT2D eigenvalue weighted by Crippen LogP contribution is -2.25. The Hall–Kier alpha value is -4.20. The smallest absolute Gasteiger partial charge is 0.478 e. The molecule has 0 atom stereocenters. The van der Waals surface area contributed by atoms with E-state index in [1.54, 1.807) is 18.2 Å². The van der Waals surface area contributed by atoms with Crippen molar-refractivity contribution in [1.82, 2.24) is 4.98 Å². The summed E-state index contributed by atoms with van der Waals surface area (Å²) in [6, 6.07) is 10.9. The number of hydrogen-bond donors (Lipinski definition) is 1. The summed E-state index contributed by atoms with van der Waals surface area (Å²) in [6.45, 7) is 0. The van der Waals surface area contributed by atoms with Crippen LogP contribution in [0.5, 0.6) is 11.5 Å². The van der Waals surface area contributed by atoms with Gasteiger partial charge in [0.2, 0.25) is 0 Å². The Kier molecular flexibility index (Phi) is 4.21. The molecule has 0 aliphatic carbocycles. The molecule has 6 nitrogen and oxygen atoms in total. The van der Waals surface area contributed by atoms with Gasteiger partial charge in [0.15, 0.2) is 11.5 Å². The molecule has 0 fully saturated rings. The van der Waals surface area contributed by atoms with E-state index >= 15 is 0 Å². The van der Waals surface area contributed by atoms with E-state index in [2.05, 4.69) is 9.47 Å². The zero-order chi connectivity index (χ0) is 21.6. The minimum Gasteiger partial charge on any atom is -0.478 e. The second-order valence-corrected chi connectivity index (χ2v) is 6.87. The van der Waals surface area contributed by atoms with E-state index in [0.717, 1.165) is 0 Å². The van der Waals surface area contributed by atoms with Crippen LogP contribution in [-0.2, 0) is 0 Å². The molecule has 0 radical (unpaired) electrons. The highest BCUT2D eigenvalue weighted by atomic mass is 19.3. The fraction of sp³-hybridized carbons (Fsp3) is 0.0435. The molecule has 1 N–H and O–H groups in total. The summed E-state index contributed by atoms with van der Waals surface area (Å²) in [5.74, 6) is -1.18. The Morgan fingerprint density at radius 1 is 0.935 bits per heavy atom. The van der Waals surface area contributed by atoms with Gasteiger partial charge in [0.1, 0.15) is 0 Å². The van der Waals surface area contributed by atoms with Crippen LogP contribution in [-0.4, -0.2) is 22.4 Å². The number of carbonyl (C=O) groups is 1. The lowest BCUT2D eigenvalue weighted by Gasteiger charge is -2.20. The van der Waals surface area contributed by atoms with Gasteiger partial charge in [-0.1, -0.05) is 12.2 Å². The number of nitrogens with zero attached hydrogens (tertiary/aromatic N) is 2. The van der Waals surface area contributed by atoms with Gasteiger partial charge < -0.3 is 19.5 Å². The number of halogens is 2. The van der Waals surface area contributed by atoms with Crippen molar-refractivity contribution in [2.45, 2.75) is 6.29 Å². The van der Waals surface area contributed by atoms with Crippen molar-refractivity contribution >= 4 is 22.6 Å². The Balaban J connectivity index is 1.70. The Morgan fingerprint density at radius 2 is 1.68 bits per heavy atom. The molecular weight excluding hydrogens is 406 g/mol. The molecular formula is C23H14F2N2O4. The van der Waals surface area contributed by atoms with Gasteiger partial charge in [0.05, 0.1) is 22.5 Å². The van der Waals surface area contributed by atoms with Crippen molar-refractivity contribution in [3.05, 3.63) is 84.7 Å². The number of rotatable bonds is 3. The van der Waals surface area contributed by atoms with Crippen LogP contribution in [0.3, 0.4) is 0 Å². The Labute approximate surface area is 175 Å². The summed E-state index contributed by atoms with van der Waals surface area (Å²) in [5, 5.41) is 9.95. The molecule has 31 heavy (non-hydrogen) atoms. The molecule has 0 bridgehead atoms. The molecule has 2 aromatic carbocycles. The van der Waals surface area contributed by atoms with E-state index in [9.17, 15) is 18.7 Å². The van der Waals surface area contributed by atoms with Crippen LogP contribution < -0.4 is 14.4 Å². The number of anilines is 1. The van der Waals surface area contributed by atoms with E-state index in [1.807, 2.05) is 47.7 Å². The zero-order valence-corrected chi connectivity index (χ0v) is 15.8. The van der Waals surface area contributed by atoms with Crippen LogP contribution in [0.4, 0.5) is 14.5 Å². The first-order chi connectivity index (χ1) is 14.9. The molecule has 1 aromatic heterocycles. The first-order valence-electron chi connectivity index (χ1n) is 9.28. The number of allylic oxidation sites excluding steroid dienone is 4. The van der Waals surface area contributed by atoms with Gasteiger partial charge in [-0.05, 0) is 54.6 Å². The number of benzene rings is 2. The van der Waals surface area contributed by atoms with Crippen molar-refractivity contribution in [1.29, 1.82) is 0 Å². The number of aromatic carboxylic acids is 1. The van der Waals surface area contributed by atoms with Crippen LogP contribution in [0.2, 0.25) is 0 Å². The zero-order valence-electron chi connectivity index (χ0n) is 15.8. The second-order valence-electron chi connectivity index (χ2n) is 6.87. The minimum atomic E-state index is -3.71. The summed E-state index contributed by atoms with van der Waals surface area (Å²) in [4.78, 5) is 17.9. The number of aromatic nitrogens is 1. The predicted molar refractivity (Wildman–Crippen MR) is 110 cm³/mol. The summed E-state index contributed by atoms with van der Waals surface area (Å²) < 4.78 is 36.0. The number of carboxylic acids is 1. The molecule has 0 spiro atoms. The number of hydrogen-bond acceptors (Lipinski definition) is 5. The number of fused-ring (bicyclic) bond motifs is 2. The monoisotopic (exact) mass is 420 g/mol. The van der Waals surface area contributed by atoms with Crippen molar-refractivity contribution in [3.63, 3.8) is 0 Å². The fourth-order valence-corrected chi connectivity index (χ4v) is 3.43. The van der Waals surface area contributed by atoms with Crippen molar-refractivity contribution in [2.24, 2.45) is 0 Å². The van der Waals surface area contributed by atoms with Crippen LogP contribution in [0, 0.1) is 0 Å². The molecule has 0 amide bonds. The van der Waals surface area contributed by atoms with Gasteiger partial charge in [-0.2, -0.15) is 0 Å². The average Bonchev–Trinajstić information content (AvgIpc) is 2.90. The largest absolute Gasteiger partial charge is 0.586 e. The molecule has 154 valence electrons. The van der Waals surface area contributed by atoms with Gasteiger partial charge in [-0.3, -0.25) is 0 Å². The van der Waals surface area contributed by atoms with Crippen molar-refractivity contribution < 1.29 is 28.2 Å². The minimum absolute atomic E-state index is 0.0547. The molecule has 3 aromatic rings. The summed E-state index contributed by atoms with van der Waals surface area (Å²) in [7, 11) is 0. The van der Waals surface area contributed by atoms with Gasteiger partial charge in [-0.15, -0.1) is 8.78 Å². The first-order valence-corrected chi connectivity index (χ1v) is 9.28. The van der Waals surface area contributed by atoms with Crippen molar-refractivity contribution in [2.75, 3.05) is 4.90 Å². The predicted octanol–water partition coefficient (Wildman–Crippen LogP) is 5.33. The Bertz CT molecular complexity index is 1300. The number of ether oxygens (including phenoxy) is 2. The molecule has 0 saturated heterocycles. The molecule has 3 heterocycles. The third-order valence-electron chi connectivity index (χ3n) is 4.82. The van der Waals surface area contributed by atoms with Crippen LogP contribution in [0.1, 0.15) is 10.4 Å². The SMILES string of the molecule is O=C(O)c1ccc2nc(-c3ccc4c(c3)OC(F)(F)O4)c(N3C=CC=CC=C3)cc2c1. The van der Waals surface area contributed by atoms with Gasteiger partial charge >= 0.3 is 12.3 Å². The van der Waals surface area contributed by atoms with Crippen LogP contribution >= 0.6 is 0 Å². The maximum atomic E-state index is 13.5. The maximum absolute atomic E-state index is 13.5. The molecule has 0 saturated carbocycles. The lowest BCUT2D eigenvalue weighted by atomic mass is 10.0. The standard InChI is InChI=1S/C23H14F2N2O4/c24-23(25)30-19-8-6-14(13-20(19)31-23)21-18(27-9-3-1-2-4-10-27)12-16-11-15(22(28)29)5-7-17(16)26-21/h1-13H,(H,28,29). The second kappa shape index (κ2) is 6.94. The quantitative estimate of drug-likeness (QED) is 0.618. The third kappa shape index (κ3) is 3.48. The van der Waals surface area contributed by atoms with E-state index in [4.69, 9.17) is 4.98 Å². The number of carboxylic acid groups (broad SMARTS) is 1. The highest BCUT2D eigenvalue weighted by molar-refractivity contribution is 5.96. The molecule has 0 unspecified atom stereocenters. The molecule has 5 rings (SSSR count). The first kappa shape index (κ1) is 18.8. The van der Waals surface area contributed by atoms with Gasteiger partial charge in [0.25, 0.3) is 0 Å². The molecule has 2 aliphatic heterocycles. The maximum Gasteiger partial charge on any atom is 0.586 e. The summed E-state index contributed by atoms with van der Waals surface area (Å²) in [5.41, 5.74) is 2.39. The normalized spacial score (nSPS) is 16.0. The fourth-order valence-electron chi connectivity index (χ4n) is 3.43. The number of pyridine rings is 1. The highest BCUT2D eigenvalue weighted by Gasteiger charge is 2.43. The van der Waals surface area contributed by atoms with E-state index < -0.39 is 12.3 Å². The average molecular weight is 420 g/mol. The summed E-state index contributed by atoms with van der Waals surface area (Å²) >= 11 is 0. The van der Waals surface area contributed by atoms with E-state index in [-0.39, 0.29) is 17.1 Å². The van der Waals surface area contributed by atoms with Crippen LogP contribution in [0.25, 0.3) is 22.2 Å². The van der Waals surface area contributed by atoms with Crippen molar-refractivity contribution in [3.8, 4) is 22.8 Å². The van der Waals surface area contributed by atoms with E-state index in [0.29, 0.717) is 27.8 Å². The summed E-state index contributed by atoms with van der Waals surface area (Å²) in [6.07, 6.45) is 7.30. The van der Waals surface area contributed by atoms with Gasteiger partial charge in [0, 0.05) is 23.3 Å². The number of alkyl halides is 2.